The van der Waals surface area contributed by atoms with Crippen LogP contribution in [-0.2, 0) is 18.0 Å². The number of benzene rings is 4. The minimum Gasteiger partial charge on any atom is -0.490 e. The van der Waals surface area contributed by atoms with Crippen LogP contribution >= 0.6 is 31.9 Å². The number of nitro benzene ring substituents is 1. The minimum absolute atomic E-state index is 0.00738. The second-order valence-electron chi connectivity index (χ2n) is 9.04. The zero-order chi connectivity index (χ0) is 30.8. The number of halogens is 2. The molecule has 0 fully saturated rings. The summed E-state index contributed by atoms with van der Waals surface area (Å²) >= 11 is 6.90. The fraction of sp³-hybridized carbons (Fsp3) is 0.125. The van der Waals surface area contributed by atoms with E-state index < -0.39 is 10.8 Å². The van der Waals surface area contributed by atoms with Crippen molar-refractivity contribution in [2.45, 2.75) is 20.1 Å². The lowest BCUT2D eigenvalue weighted by Gasteiger charge is -2.15. The van der Waals surface area contributed by atoms with Gasteiger partial charge in [-0.2, -0.15) is 5.26 Å². The summed E-state index contributed by atoms with van der Waals surface area (Å²) in [5, 5.41) is 23.4. The van der Waals surface area contributed by atoms with E-state index in [1.54, 1.807) is 48.5 Å². The molecule has 0 atom stereocenters. The van der Waals surface area contributed by atoms with Crippen molar-refractivity contribution in [1.29, 1.82) is 5.26 Å². The molecule has 0 aliphatic carbocycles. The number of nitriles is 1. The topological polar surface area (TPSA) is 124 Å². The molecule has 0 unspecified atom stereocenters. The predicted molar refractivity (Wildman–Crippen MR) is 170 cm³/mol. The molecule has 4 aromatic carbocycles. The summed E-state index contributed by atoms with van der Waals surface area (Å²) in [4.78, 5) is 23.3. The van der Waals surface area contributed by atoms with E-state index in [1.807, 2.05) is 37.3 Å². The van der Waals surface area contributed by atoms with Crippen LogP contribution < -0.4 is 19.5 Å². The van der Waals surface area contributed by atoms with Crippen molar-refractivity contribution in [3.05, 3.63) is 126 Å². The van der Waals surface area contributed by atoms with Gasteiger partial charge in [0.05, 0.1) is 16.0 Å². The average Bonchev–Trinajstić information content (AvgIpc) is 3.00. The first-order valence-corrected chi connectivity index (χ1v) is 14.6. The Morgan fingerprint density at radius 1 is 0.930 bits per heavy atom. The Kier molecular flexibility index (Phi) is 10.9. The van der Waals surface area contributed by atoms with Crippen molar-refractivity contribution in [3.8, 4) is 23.3 Å². The monoisotopic (exact) mass is 705 g/mol. The van der Waals surface area contributed by atoms with Crippen molar-refractivity contribution < 1.29 is 23.9 Å². The lowest BCUT2D eigenvalue weighted by atomic mass is 10.1. The second-order valence-corrected chi connectivity index (χ2v) is 10.8. The molecule has 4 rings (SSSR count). The first-order valence-electron chi connectivity index (χ1n) is 13.0. The number of rotatable bonds is 12. The fourth-order valence-corrected chi connectivity index (χ4v) is 4.68. The SMILES string of the molecule is CCOc1cc(/C=C(\C#N)C(=O)Nc2ccc(OCc3ccc(Br)cc3)cc2)cc(Br)c1OCc1ccc([N+](=O)[O-])cc1. The molecule has 4 aromatic rings. The highest BCUT2D eigenvalue weighted by molar-refractivity contribution is 9.10. The summed E-state index contributed by atoms with van der Waals surface area (Å²) in [5.41, 5.74) is 2.69. The van der Waals surface area contributed by atoms with E-state index >= 15 is 0 Å². The van der Waals surface area contributed by atoms with Crippen molar-refractivity contribution in [2.75, 3.05) is 11.9 Å². The number of carbonyl (C=O) groups excluding carboxylic acids is 1. The van der Waals surface area contributed by atoms with Crippen LogP contribution in [0.1, 0.15) is 23.6 Å². The minimum atomic E-state index is -0.571. The van der Waals surface area contributed by atoms with Crippen LogP contribution in [0.5, 0.6) is 17.2 Å². The smallest absolute Gasteiger partial charge is 0.269 e. The largest absolute Gasteiger partial charge is 0.490 e. The molecule has 0 radical (unpaired) electrons. The lowest BCUT2D eigenvalue weighted by Crippen LogP contribution is -2.13. The van der Waals surface area contributed by atoms with E-state index in [1.165, 1.54) is 18.2 Å². The molecule has 218 valence electrons. The summed E-state index contributed by atoms with van der Waals surface area (Å²) in [7, 11) is 0. The Bertz CT molecular complexity index is 1670. The van der Waals surface area contributed by atoms with Gasteiger partial charge in [-0.1, -0.05) is 28.1 Å². The van der Waals surface area contributed by atoms with Gasteiger partial charge in [0.25, 0.3) is 11.6 Å². The molecule has 1 amide bonds. The predicted octanol–water partition coefficient (Wildman–Crippen LogP) is 8.22. The van der Waals surface area contributed by atoms with Crippen LogP contribution in [0.2, 0.25) is 0 Å². The lowest BCUT2D eigenvalue weighted by molar-refractivity contribution is -0.384. The Morgan fingerprint density at radius 3 is 2.16 bits per heavy atom. The van der Waals surface area contributed by atoms with Gasteiger partial charge in [-0.15, -0.1) is 0 Å². The summed E-state index contributed by atoms with van der Waals surface area (Å²) in [6.45, 7) is 2.72. The van der Waals surface area contributed by atoms with Gasteiger partial charge in [-0.25, -0.2) is 0 Å². The first-order chi connectivity index (χ1) is 20.7. The molecule has 0 spiro atoms. The zero-order valence-electron chi connectivity index (χ0n) is 22.9. The molecule has 11 heteroatoms. The van der Waals surface area contributed by atoms with Crippen molar-refractivity contribution >= 4 is 55.2 Å². The van der Waals surface area contributed by atoms with Crippen LogP contribution in [0, 0.1) is 21.4 Å². The molecule has 0 saturated carbocycles. The molecule has 0 bridgehead atoms. The summed E-state index contributed by atoms with van der Waals surface area (Å²) in [6, 6.07) is 26.1. The number of carbonyl (C=O) groups is 1. The number of nitrogens with zero attached hydrogens (tertiary/aromatic N) is 2. The molecule has 0 aliphatic heterocycles. The van der Waals surface area contributed by atoms with Crippen LogP contribution in [0.4, 0.5) is 11.4 Å². The number of ether oxygens (including phenoxy) is 3. The summed E-state index contributed by atoms with van der Waals surface area (Å²) in [5.74, 6) is 0.893. The Balaban J connectivity index is 1.43. The highest BCUT2D eigenvalue weighted by Gasteiger charge is 2.15. The highest BCUT2D eigenvalue weighted by atomic mass is 79.9. The molecule has 0 heterocycles. The van der Waals surface area contributed by atoms with Gasteiger partial charge < -0.3 is 19.5 Å². The van der Waals surface area contributed by atoms with Crippen molar-refractivity contribution in [2.24, 2.45) is 0 Å². The van der Waals surface area contributed by atoms with Crippen molar-refractivity contribution in [1.82, 2.24) is 0 Å². The van der Waals surface area contributed by atoms with Crippen LogP contribution in [0.15, 0.2) is 99.4 Å². The van der Waals surface area contributed by atoms with Crippen molar-refractivity contribution in [3.63, 3.8) is 0 Å². The van der Waals surface area contributed by atoms with Crippen LogP contribution in [0.25, 0.3) is 6.08 Å². The molecule has 0 saturated heterocycles. The van der Waals surface area contributed by atoms with E-state index in [-0.39, 0.29) is 17.9 Å². The van der Waals surface area contributed by atoms with Gasteiger partial charge in [-0.05, 0) is 106 Å². The van der Waals surface area contributed by atoms with Gasteiger partial charge in [0.1, 0.15) is 30.6 Å². The van der Waals surface area contributed by atoms with E-state index in [0.29, 0.717) is 46.2 Å². The Labute approximate surface area is 265 Å². The van der Waals surface area contributed by atoms with E-state index in [2.05, 4.69) is 37.2 Å². The molecular formula is C32H25Br2N3O6. The fourth-order valence-electron chi connectivity index (χ4n) is 3.84. The Morgan fingerprint density at radius 2 is 1.56 bits per heavy atom. The number of anilines is 1. The standard InChI is InChI=1S/C32H25Br2N3O6/c1-2-41-30-17-23(16-29(34)31(30)43-20-22-5-11-27(12-6-22)37(39)40)15-24(18-35)32(38)36-26-9-13-28(14-10-26)42-19-21-3-7-25(33)8-4-21/h3-17H,2,19-20H2,1H3,(H,36,38)/b24-15+. The molecule has 43 heavy (non-hydrogen) atoms. The first kappa shape index (κ1) is 31.3. The van der Waals surface area contributed by atoms with E-state index in [9.17, 15) is 20.2 Å². The number of nitro groups is 1. The van der Waals surface area contributed by atoms with Gasteiger partial charge >= 0.3 is 0 Å². The third kappa shape index (κ3) is 8.91. The molecular weight excluding hydrogens is 682 g/mol. The Hall–Kier alpha value is -4.66. The van der Waals surface area contributed by atoms with E-state index in [0.717, 1.165) is 15.6 Å². The third-order valence-corrected chi connectivity index (χ3v) is 7.09. The van der Waals surface area contributed by atoms with Gasteiger partial charge in [0.2, 0.25) is 0 Å². The highest BCUT2D eigenvalue weighted by Crippen LogP contribution is 2.38. The number of hydrogen-bond acceptors (Lipinski definition) is 7. The quantitative estimate of drug-likeness (QED) is 0.0681. The molecule has 0 aliphatic rings. The zero-order valence-corrected chi connectivity index (χ0v) is 26.1. The second kappa shape index (κ2) is 15.0. The molecule has 0 aromatic heterocycles. The number of nitrogens with one attached hydrogen (secondary N) is 1. The molecule has 9 nitrogen and oxygen atoms in total. The third-order valence-electron chi connectivity index (χ3n) is 5.97. The van der Waals surface area contributed by atoms with Crippen LogP contribution in [0.3, 0.4) is 0 Å². The number of amides is 1. The van der Waals surface area contributed by atoms with Crippen LogP contribution in [-0.4, -0.2) is 17.4 Å². The van der Waals surface area contributed by atoms with Gasteiger partial charge in [0, 0.05) is 22.3 Å². The maximum absolute atomic E-state index is 12.9. The van der Waals surface area contributed by atoms with Gasteiger partial charge in [0.15, 0.2) is 11.5 Å². The maximum Gasteiger partial charge on any atom is 0.269 e. The normalized spacial score (nSPS) is 10.9. The molecule has 1 N–H and O–H groups in total. The maximum atomic E-state index is 12.9. The summed E-state index contributed by atoms with van der Waals surface area (Å²) in [6.07, 6.45) is 1.46. The number of hydrogen-bond donors (Lipinski definition) is 1. The average molecular weight is 707 g/mol. The number of non-ortho nitro benzene ring substituents is 1. The van der Waals surface area contributed by atoms with E-state index in [4.69, 9.17) is 14.2 Å². The summed E-state index contributed by atoms with van der Waals surface area (Å²) < 4.78 is 19.1. The van der Waals surface area contributed by atoms with Gasteiger partial charge in [-0.3, -0.25) is 14.9 Å².